The quantitative estimate of drug-likeness (QED) is 0.858. The monoisotopic (exact) mass is 301 g/mol. The molecule has 2 rings (SSSR count). The minimum atomic E-state index is -0.0242. The van der Waals surface area contributed by atoms with Crippen LogP contribution >= 0.6 is 23.2 Å². The Bertz CT molecular complexity index is 430. The number of hydrogen-bond donors (Lipinski definition) is 1. The third-order valence-corrected chi connectivity index (χ3v) is 4.52. The number of halogens is 2. The second kappa shape index (κ2) is 6.45. The highest BCUT2D eigenvalue weighted by Gasteiger charge is 2.30. The average Bonchev–Trinajstić information content (AvgIpc) is 2.81. The number of benzene rings is 1. The van der Waals surface area contributed by atoms with E-state index in [1.54, 1.807) is 0 Å². The molecule has 0 radical (unpaired) electrons. The largest absolute Gasteiger partial charge is 0.374 e. The molecule has 0 aliphatic carbocycles. The maximum absolute atomic E-state index is 6.09. The van der Waals surface area contributed by atoms with Crippen molar-refractivity contribution in [3.8, 4) is 0 Å². The molecule has 1 aliphatic heterocycles. The van der Waals surface area contributed by atoms with Crippen LogP contribution < -0.4 is 5.32 Å². The van der Waals surface area contributed by atoms with Gasteiger partial charge in [0.15, 0.2) is 0 Å². The molecular formula is C15H21Cl2NO. The summed E-state index contributed by atoms with van der Waals surface area (Å²) in [6.45, 7) is 6.08. The van der Waals surface area contributed by atoms with E-state index in [-0.39, 0.29) is 11.6 Å². The first-order chi connectivity index (χ1) is 9.04. The first-order valence-corrected chi connectivity index (χ1v) is 7.62. The molecule has 1 N–H and O–H groups in total. The fourth-order valence-electron chi connectivity index (χ4n) is 2.54. The van der Waals surface area contributed by atoms with Crippen molar-refractivity contribution in [2.75, 3.05) is 13.2 Å². The highest BCUT2D eigenvalue weighted by Crippen LogP contribution is 2.29. The Morgan fingerprint density at radius 1 is 1.37 bits per heavy atom. The van der Waals surface area contributed by atoms with Crippen LogP contribution in [0.3, 0.4) is 0 Å². The van der Waals surface area contributed by atoms with Gasteiger partial charge in [-0.25, -0.2) is 0 Å². The Morgan fingerprint density at radius 2 is 2.16 bits per heavy atom. The van der Waals surface area contributed by atoms with Crippen LogP contribution in [0.2, 0.25) is 10.0 Å². The van der Waals surface area contributed by atoms with Crippen LogP contribution in [0.4, 0.5) is 0 Å². The van der Waals surface area contributed by atoms with Gasteiger partial charge in [-0.15, -0.1) is 0 Å². The standard InChI is InChI=1S/C15H21Cl2NO/c1-3-14(11-5-6-12(16)13(17)9-11)18-10-15(2)7-4-8-19-15/h5-6,9,14,18H,3-4,7-8,10H2,1-2H3. The van der Waals surface area contributed by atoms with Gasteiger partial charge >= 0.3 is 0 Å². The molecule has 1 fully saturated rings. The van der Waals surface area contributed by atoms with E-state index < -0.39 is 0 Å². The molecule has 2 atom stereocenters. The number of nitrogens with one attached hydrogen (secondary N) is 1. The van der Waals surface area contributed by atoms with Crippen LogP contribution in [0.5, 0.6) is 0 Å². The molecule has 0 aromatic heterocycles. The summed E-state index contributed by atoms with van der Waals surface area (Å²) < 4.78 is 5.80. The summed E-state index contributed by atoms with van der Waals surface area (Å²) in [4.78, 5) is 0. The van der Waals surface area contributed by atoms with Crippen molar-refractivity contribution >= 4 is 23.2 Å². The van der Waals surface area contributed by atoms with Crippen LogP contribution in [-0.4, -0.2) is 18.8 Å². The van der Waals surface area contributed by atoms with Crippen LogP contribution in [0.15, 0.2) is 18.2 Å². The lowest BCUT2D eigenvalue weighted by Gasteiger charge is -2.27. The molecule has 0 amide bonds. The van der Waals surface area contributed by atoms with Crippen molar-refractivity contribution in [2.24, 2.45) is 0 Å². The van der Waals surface area contributed by atoms with Gasteiger partial charge < -0.3 is 10.1 Å². The Balaban J connectivity index is 2.01. The molecule has 0 saturated carbocycles. The second-order valence-electron chi connectivity index (χ2n) is 5.42. The molecular weight excluding hydrogens is 281 g/mol. The molecule has 0 spiro atoms. The van der Waals surface area contributed by atoms with Crippen molar-refractivity contribution in [1.82, 2.24) is 5.32 Å². The number of hydrogen-bond acceptors (Lipinski definition) is 2. The number of rotatable bonds is 5. The highest BCUT2D eigenvalue weighted by atomic mass is 35.5. The molecule has 2 unspecified atom stereocenters. The summed E-state index contributed by atoms with van der Waals surface area (Å²) in [6, 6.07) is 6.13. The van der Waals surface area contributed by atoms with E-state index in [0.29, 0.717) is 10.0 Å². The molecule has 106 valence electrons. The van der Waals surface area contributed by atoms with Gasteiger partial charge in [0.25, 0.3) is 0 Å². The summed E-state index contributed by atoms with van der Waals surface area (Å²) in [5.41, 5.74) is 1.15. The predicted octanol–water partition coefficient (Wildman–Crippen LogP) is 4.60. The van der Waals surface area contributed by atoms with Gasteiger partial charge in [0, 0.05) is 19.2 Å². The molecule has 4 heteroatoms. The van der Waals surface area contributed by atoms with Crippen LogP contribution in [0, 0.1) is 0 Å². The van der Waals surface area contributed by atoms with Gasteiger partial charge in [0.1, 0.15) is 0 Å². The Morgan fingerprint density at radius 3 is 2.74 bits per heavy atom. The zero-order valence-electron chi connectivity index (χ0n) is 11.5. The number of ether oxygens (including phenoxy) is 1. The first kappa shape index (κ1) is 15.1. The zero-order valence-corrected chi connectivity index (χ0v) is 13.0. The van der Waals surface area contributed by atoms with Crippen molar-refractivity contribution in [3.63, 3.8) is 0 Å². The minimum absolute atomic E-state index is 0.0242. The summed E-state index contributed by atoms with van der Waals surface area (Å²) >= 11 is 12.0. The van der Waals surface area contributed by atoms with Crippen LogP contribution in [0.1, 0.15) is 44.7 Å². The predicted molar refractivity (Wildman–Crippen MR) is 81.1 cm³/mol. The SMILES string of the molecule is CCC(NCC1(C)CCCO1)c1ccc(Cl)c(Cl)c1. The van der Waals surface area contributed by atoms with E-state index in [1.807, 2.05) is 18.2 Å². The van der Waals surface area contributed by atoms with Crippen molar-refractivity contribution in [1.29, 1.82) is 0 Å². The topological polar surface area (TPSA) is 21.3 Å². The molecule has 1 aromatic carbocycles. The maximum Gasteiger partial charge on any atom is 0.0779 e. The van der Waals surface area contributed by atoms with Crippen LogP contribution in [0.25, 0.3) is 0 Å². The Kier molecular flexibility index (Phi) is 5.13. The molecule has 1 saturated heterocycles. The molecule has 0 bridgehead atoms. The van der Waals surface area contributed by atoms with Gasteiger partial charge in [-0.3, -0.25) is 0 Å². The fraction of sp³-hybridized carbons (Fsp3) is 0.600. The van der Waals surface area contributed by atoms with E-state index in [1.165, 1.54) is 5.56 Å². The molecule has 1 aromatic rings. The highest BCUT2D eigenvalue weighted by molar-refractivity contribution is 6.42. The third kappa shape index (κ3) is 3.85. The fourth-order valence-corrected chi connectivity index (χ4v) is 2.85. The van der Waals surface area contributed by atoms with E-state index in [2.05, 4.69) is 19.2 Å². The van der Waals surface area contributed by atoms with Gasteiger partial charge in [-0.1, -0.05) is 36.2 Å². The van der Waals surface area contributed by atoms with E-state index in [4.69, 9.17) is 27.9 Å². The maximum atomic E-state index is 6.09. The normalized spacial score (nSPS) is 24.6. The summed E-state index contributed by atoms with van der Waals surface area (Å²) in [7, 11) is 0. The zero-order chi connectivity index (χ0) is 13.9. The first-order valence-electron chi connectivity index (χ1n) is 6.86. The summed E-state index contributed by atoms with van der Waals surface area (Å²) in [6.07, 6.45) is 3.29. The molecule has 1 heterocycles. The molecule has 1 aliphatic rings. The second-order valence-corrected chi connectivity index (χ2v) is 6.23. The summed E-state index contributed by atoms with van der Waals surface area (Å²) in [5.74, 6) is 0. The van der Waals surface area contributed by atoms with E-state index in [0.717, 1.165) is 32.4 Å². The smallest absolute Gasteiger partial charge is 0.0779 e. The minimum Gasteiger partial charge on any atom is -0.374 e. The Hall–Kier alpha value is -0.280. The van der Waals surface area contributed by atoms with Gasteiger partial charge in [-0.2, -0.15) is 0 Å². The van der Waals surface area contributed by atoms with Gasteiger partial charge in [-0.05, 0) is 43.9 Å². The molecule has 2 nitrogen and oxygen atoms in total. The lowest BCUT2D eigenvalue weighted by molar-refractivity contribution is 0.0186. The van der Waals surface area contributed by atoms with Gasteiger partial charge in [0.2, 0.25) is 0 Å². The lowest BCUT2D eigenvalue weighted by atomic mass is 10.00. The van der Waals surface area contributed by atoms with Crippen molar-refractivity contribution < 1.29 is 4.74 Å². The van der Waals surface area contributed by atoms with E-state index in [9.17, 15) is 0 Å². The van der Waals surface area contributed by atoms with Gasteiger partial charge in [0.05, 0.1) is 15.6 Å². The van der Waals surface area contributed by atoms with Crippen LogP contribution in [-0.2, 0) is 4.74 Å². The van der Waals surface area contributed by atoms with Crippen molar-refractivity contribution in [3.05, 3.63) is 33.8 Å². The van der Waals surface area contributed by atoms with Crippen molar-refractivity contribution in [2.45, 2.75) is 44.8 Å². The lowest BCUT2D eigenvalue weighted by Crippen LogP contribution is -2.38. The van der Waals surface area contributed by atoms with E-state index >= 15 is 0 Å². The average molecular weight is 302 g/mol. The summed E-state index contributed by atoms with van der Waals surface area (Å²) in [5, 5.41) is 4.80. The Labute approximate surface area is 125 Å². The third-order valence-electron chi connectivity index (χ3n) is 3.78. The molecule has 19 heavy (non-hydrogen) atoms.